The van der Waals surface area contributed by atoms with Crippen molar-refractivity contribution in [3.63, 3.8) is 0 Å². The number of carbonyl (C=O) groups is 2. The van der Waals surface area contributed by atoms with Crippen molar-refractivity contribution in [3.05, 3.63) is 88.6 Å². The lowest BCUT2D eigenvalue weighted by Crippen LogP contribution is -2.45. The first-order chi connectivity index (χ1) is 19.7. The van der Waals surface area contributed by atoms with Crippen LogP contribution < -0.4 is 9.64 Å². The van der Waals surface area contributed by atoms with Gasteiger partial charge in [0.05, 0.1) is 11.6 Å². The highest BCUT2D eigenvalue weighted by atomic mass is 35.5. The van der Waals surface area contributed by atoms with Gasteiger partial charge in [0.2, 0.25) is 11.7 Å². The van der Waals surface area contributed by atoms with E-state index in [1.165, 1.54) is 30.3 Å². The lowest BCUT2D eigenvalue weighted by atomic mass is 9.93. The molecule has 3 aromatic rings. The summed E-state index contributed by atoms with van der Waals surface area (Å²) < 4.78 is 33.0. The average Bonchev–Trinajstić information content (AvgIpc) is 3.44. The summed E-state index contributed by atoms with van der Waals surface area (Å²) in [7, 11) is 1.53. The van der Waals surface area contributed by atoms with Gasteiger partial charge in [0, 0.05) is 56.3 Å². The van der Waals surface area contributed by atoms with Crippen molar-refractivity contribution >= 4 is 29.4 Å². The first-order valence-electron chi connectivity index (χ1n) is 13.3. The molecule has 2 fully saturated rings. The number of pyridine rings is 1. The van der Waals surface area contributed by atoms with Crippen LogP contribution in [0.4, 0.5) is 19.4 Å². The second-order valence-corrected chi connectivity index (χ2v) is 10.7. The number of hydrogen-bond donors (Lipinski definition) is 0. The van der Waals surface area contributed by atoms with Crippen molar-refractivity contribution in [1.82, 2.24) is 14.8 Å². The molecule has 0 spiro atoms. The number of amides is 2. The SMILES string of the molecule is CN(C(=O)Oc1cccc(F)c1F)C1CN(C(=O)C2CCN(c3ccc(C#N)cn3)CC2)CC1c1ccc(Cl)cc1. The number of nitrogens with zero attached hydrogens (tertiary/aromatic N) is 5. The Labute approximate surface area is 241 Å². The monoisotopic (exact) mass is 579 g/mol. The highest BCUT2D eigenvalue weighted by Crippen LogP contribution is 2.34. The highest BCUT2D eigenvalue weighted by molar-refractivity contribution is 6.30. The van der Waals surface area contributed by atoms with Crippen molar-refractivity contribution in [2.24, 2.45) is 5.92 Å². The Hall–Kier alpha value is -4.23. The van der Waals surface area contributed by atoms with E-state index in [1.807, 2.05) is 18.2 Å². The number of aromatic nitrogens is 1. The number of likely N-dealkylation sites (tertiary alicyclic amines) is 1. The molecule has 2 saturated heterocycles. The Balaban J connectivity index is 1.29. The van der Waals surface area contributed by atoms with Crippen molar-refractivity contribution in [3.8, 4) is 11.8 Å². The smallest absolute Gasteiger partial charge is 0.407 e. The zero-order valence-electron chi connectivity index (χ0n) is 22.3. The molecule has 0 N–H and O–H groups in total. The summed E-state index contributed by atoms with van der Waals surface area (Å²) in [4.78, 5) is 36.3. The van der Waals surface area contributed by atoms with E-state index in [0.29, 0.717) is 43.1 Å². The summed E-state index contributed by atoms with van der Waals surface area (Å²) in [5.74, 6) is -2.50. The number of anilines is 1. The number of benzene rings is 2. The van der Waals surface area contributed by atoms with Gasteiger partial charge in [-0.25, -0.2) is 14.2 Å². The van der Waals surface area contributed by atoms with E-state index in [2.05, 4.69) is 16.0 Å². The van der Waals surface area contributed by atoms with Crippen LogP contribution >= 0.6 is 11.6 Å². The molecular weight excluding hydrogens is 552 g/mol. The van der Waals surface area contributed by atoms with Gasteiger partial charge in [-0.3, -0.25) is 4.79 Å². The molecule has 0 bridgehead atoms. The van der Waals surface area contributed by atoms with Gasteiger partial charge >= 0.3 is 6.09 Å². The van der Waals surface area contributed by atoms with E-state index in [-0.39, 0.29) is 24.3 Å². The van der Waals surface area contributed by atoms with Crippen LogP contribution in [0.15, 0.2) is 60.8 Å². The number of ether oxygens (including phenoxy) is 1. The number of rotatable bonds is 5. The lowest BCUT2D eigenvalue weighted by molar-refractivity contribution is -0.135. The number of carbonyl (C=O) groups excluding carboxylic acids is 2. The van der Waals surface area contributed by atoms with Gasteiger partial charge in [-0.05, 0) is 54.8 Å². The maximum atomic E-state index is 14.2. The number of nitriles is 1. The Morgan fingerprint density at radius 2 is 1.80 bits per heavy atom. The minimum absolute atomic E-state index is 0.0110. The second-order valence-electron chi connectivity index (χ2n) is 10.3. The molecule has 2 aliphatic heterocycles. The zero-order chi connectivity index (χ0) is 29.1. The first kappa shape index (κ1) is 28.3. The molecule has 11 heteroatoms. The van der Waals surface area contributed by atoms with Crippen molar-refractivity contribution in [1.29, 1.82) is 5.26 Å². The maximum absolute atomic E-state index is 14.2. The van der Waals surface area contributed by atoms with Gasteiger partial charge in [-0.2, -0.15) is 9.65 Å². The molecule has 2 aromatic carbocycles. The number of likely N-dealkylation sites (N-methyl/N-ethyl adjacent to an activating group) is 1. The molecular formula is C30H28ClF2N5O3. The van der Waals surface area contributed by atoms with Crippen LogP contribution in [0.25, 0.3) is 0 Å². The van der Waals surface area contributed by atoms with Crippen LogP contribution in [-0.4, -0.2) is 66.1 Å². The van der Waals surface area contributed by atoms with E-state index < -0.39 is 29.5 Å². The van der Waals surface area contributed by atoms with Crippen LogP contribution in [0, 0.1) is 28.9 Å². The molecule has 2 atom stereocenters. The molecule has 2 unspecified atom stereocenters. The number of piperidine rings is 1. The Bertz CT molecular complexity index is 1460. The van der Waals surface area contributed by atoms with Crippen LogP contribution in [0.3, 0.4) is 0 Å². The van der Waals surface area contributed by atoms with E-state index in [0.717, 1.165) is 17.4 Å². The Morgan fingerprint density at radius 3 is 2.46 bits per heavy atom. The Morgan fingerprint density at radius 1 is 1.07 bits per heavy atom. The molecule has 41 heavy (non-hydrogen) atoms. The average molecular weight is 580 g/mol. The van der Waals surface area contributed by atoms with E-state index >= 15 is 0 Å². The fraction of sp³-hybridized carbons (Fsp3) is 0.333. The third-order valence-corrected chi connectivity index (χ3v) is 8.09. The summed E-state index contributed by atoms with van der Waals surface area (Å²) in [6, 6.07) is 15.8. The molecule has 8 nitrogen and oxygen atoms in total. The fourth-order valence-corrected chi connectivity index (χ4v) is 5.64. The molecule has 212 valence electrons. The third-order valence-electron chi connectivity index (χ3n) is 7.84. The summed E-state index contributed by atoms with van der Waals surface area (Å²) in [6.07, 6.45) is 1.97. The van der Waals surface area contributed by atoms with Gasteiger partial charge in [0.15, 0.2) is 11.6 Å². The van der Waals surface area contributed by atoms with Crippen molar-refractivity contribution in [2.45, 2.75) is 24.8 Å². The summed E-state index contributed by atoms with van der Waals surface area (Å²) in [6.45, 7) is 1.95. The predicted octanol–water partition coefficient (Wildman–Crippen LogP) is 5.23. The standard InChI is InChI=1S/C30H28ClF2N5O3/c1-36(30(40)41-26-4-2-3-24(32)28(26)33)25-18-38(17-23(25)20-6-8-22(31)9-7-20)29(39)21-11-13-37(14-12-21)27-10-5-19(15-34)16-35-27/h2-10,16,21,23,25H,11-14,17-18H2,1H3. The first-order valence-corrected chi connectivity index (χ1v) is 13.7. The molecule has 5 rings (SSSR count). The van der Waals surface area contributed by atoms with Crippen molar-refractivity contribution in [2.75, 3.05) is 38.1 Å². The van der Waals surface area contributed by atoms with Gasteiger partial charge in [-0.1, -0.05) is 29.8 Å². The normalized spacial score (nSPS) is 19.1. The van der Waals surface area contributed by atoms with E-state index in [9.17, 15) is 18.4 Å². The summed E-state index contributed by atoms with van der Waals surface area (Å²) in [5.41, 5.74) is 1.39. The van der Waals surface area contributed by atoms with Gasteiger partial charge in [0.1, 0.15) is 11.9 Å². The molecule has 1 aromatic heterocycles. The molecule has 2 amide bonds. The largest absolute Gasteiger partial charge is 0.415 e. The van der Waals surface area contributed by atoms with Gasteiger partial charge in [-0.15, -0.1) is 0 Å². The third kappa shape index (κ3) is 6.10. The fourth-order valence-electron chi connectivity index (χ4n) is 5.51. The zero-order valence-corrected chi connectivity index (χ0v) is 23.1. The van der Waals surface area contributed by atoms with Crippen LogP contribution in [0.5, 0.6) is 5.75 Å². The molecule has 0 radical (unpaired) electrons. The minimum Gasteiger partial charge on any atom is -0.407 e. The summed E-state index contributed by atoms with van der Waals surface area (Å²) in [5, 5.41) is 9.57. The molecule has 0 aliphatic carbocycles. The number of hydrogen-bond acceptors (Lipinski definition) is 6. The van der Waals surface area contributed by atoms with Gasteiger partial charge in [0.25, 0.3) is 0 Å². The summed E-state index contributed by atoms with van der Waals surface area (Å²) >= 11 is 6.10. The van der Waals surface area contributed by atoms with Crippen LogP contribution in [-0.2, 0) is 4.79 Å². The molecule has 2 aliphatic rings. The predicted molar refractivity (Wildman–Crippen MR) is 149 cm³/mol. The topological polar surface area (TPSA) is 89.8 Å². The van der Waals surface area contributed by atoms with E-state index in [4.69, 9.17) is 21.6 Å². The van der Waals surface area contributed by atoms with Crippen LogP contribution in [0.1, 0.15) is 29.9 Å². The van der Waals surface area contributed by atoms with Gasteiger partial charge < -0.3 is 19.4 Å². The highest BCUT2D eigenvalue weighted by Gasteiger charge is 2.42. The van der Waals surface area contributed by atoms with Crippen molar-refractivity contribution < 1.29 is 23.1 Å². The number of halogens is 3. The lowest BCUT2D eigenvalue weighted by Gasteiger charge is -2.34. The molecule has 3 heterocycles. The van der Waals surface area contributed by atoms with E-state index in [1.54, 1.807) is 23.1 Å². The van der Waals surface area contributed by atoms with Crippen LogP contribution in [0.2, 0.25) is 5.02 Å². The quantitative estimate of drug-likeness (QED) is 0.411. The second kappa shape index (κ2) is 12.1. The Kier molecular flexibility index (Phi) is 8.36. The minimum atomic E-state index is -1.24. The maximum Gasteiger partial charge on any atom is 0.415 e. The molecule has 0 saturated carbocycles.